The van der Waals surface area contributed by atoms with E-state index < -0.39 is 0 Å². The summed E-state index contributed by atoms with van der Waals surface area (Å²) in [6.07, 6.45) is 2.14. The molecule has 0 saturated carbocycles. The van der Waals surface area contributed by atoms with Gasteiger partial charge < -0.3 is 19.1 Å². The van der Waals surface area contributed by atoms with Gasteiger partial charge in [-0.25, -0.2) is 0 Å². The quantitative estimate of drug-likeness (QED) is 0.651. The number of rotatable bonds is 8. The zero-order chi connectivity index (χ0) is 21.5. The molecule has 6 nitrogen and oxygen atoms in total. The van der Waals surface area contributed by atoms with Crippen LogP contribution in [0.2, 0.25) is 0 Å². The number of methoxy groups -OCH3 is 1. The fourth-order valence-electron chi connectivity index (χ4n) is 4.30. The number of para-hydroxylation sites is 1. The van der Waals surface area contributed by atoms with E-state index in [-0.39, 0.29) is 12.0 Å². The molecule has 0 bridgehead atoms. The topological polar surface area (TPSA) is 51.2 Å². The lowest BCUT2D eigenvalue weighted by molar-refractivity contribution is 0.0341. The van der Waals surface area contributed by atoms with Crippen LogP contribution in [0.25, 0.3) is 0 Å². The summed E-state index contributed by atoms with van der Waals surface area (Å²) in [6.45, 7) is 6.09. The smallest absolute Gasteiger partial charge is 0.254 e. The lowest BCUT2D eigenvalue weighted by Gasteiger charge is -2.28. The number of ether oxygens (including phenoxy) is 3. The second-order valence-electron chi connectivity index (χ2n) is 8.22. The summed E-state index contributed by atoms with van der Waals surface area (Å²) in [7, 11) is 1.67. The second kappa shape index (κ2) is 10.8. The van der Waals surface area contributed by atoms with Crippen molar-refractivity contribution in [1.82, 2.24) is 9.80 Å². The van der Waals surface area contributed by atoms with Crippen molar-refractivity contribution in [2.45, 2.75) is 32.0 Å². The van der Waals surface area contributed by atoms with Crippen molar-refractivity contribution >= 4 is 5.91 Å². The van der Waals surface area contributed by atoms with Gasteiger partial charge in [-0.05, 0) is 36.6 Å². The molecular formula is C25H32N2O4. The molecule has 2 fully saturated rings. The average molecular weight is 425 g/mol. The predicted molar refractivity (Wildman–Crippen MR) is 119 cm³/mol. The highest BCUT2D eigenvalue weighted by atomic mass is 16.5. The minimum atomic E-state index is 0.0326. The highest BCUT2D eigenvalue weighted by Crippen LogP contribution is 2.23. The maximum absolute atomic E-state index is 13.6. The van der Waals surface area contributed by atoms with E-state index in [2.05, 4.69) is 11.0 Å². The number of amides is 1. The van der Waals surface area contributed by atoms with E-state index in [9.17, 15) is 4.79 Å². The largest absolute Gasteiger partial charge is 0.496 e. The minimum Gasteiger partial charge on any atom is -0.496 e. The third kappa shape index (κ3) is 5.85. The molecule has 31 heavy (non-hydrogen) atoms. The van der Waals surface area contributed by atoms with Gasteiger partial charge in [0.15, 0.2) is 0 Å². The van der Waals surface area contributed by atoms with Gasteiger partial charge in [-0.3, -0.25) is 9.69 Å². The molecular weight excluding hydrogens is 392 g/mol. The number of morpholine rings is 1. The van der Waals surface area contributed by atoms with E-state index >= 15 is 0 Å². The first kappa shape index (κ1) is 21.8. The van der Waals surface area contributed by atoms with Gasteiger partial charge in [-0.2, -0.15) is 0 Å². The van der Waals surface area contributed by atoms with Crippen LogP contribution in [0.1, 0.15) is 34.3 Å². The van der Waals surface area contributed by atoms with Crippen molar-refractivity contribution in [2.24, 2.45) is 0 Å². The molecule has 0 radical (unpaired) electrons. The maximum atomic E-state index is 13.6. The number of nitrogens with zero attached hydrogens (tertiary/aromatic N) is 2. The molecule has 2 saturated heterocycles. The van der Waals surface area contributed by atoms with Gasteiger partial charge in [0, 0.05) is 50.5 Å². The zero-order valence-electron chi connectivity index (χ0n) is 18.3. The van der Waals surface area contributed by atoms with Gasteiger partial charge in [-0.15, -0.1) is 0 Å². The normalized spacial score (nSPS) is 19.3. The zero-order valence-corrected chi connectivity index (χ0v) is 18.3. The Morgan fingerprint density at radius 1 is 1.13 bits per heavy atom. The Morgan fingerprint density at radius 3 is 2.74 bits per heavy atom. The number of carbonyl (C=O) groups is 1. The SMILES string of the molecule is COc1ccccc1CN(CC1CCCO1)C(=O)c1cccc(CN2CCOCC2)c1. The summed E-state index contributed by atoms with van der Waals surface area (Å²) in [6, 6.07) is 15.9. The molecule has 0 spiro atoms. The van der Waals surface area contributed by atoms with E-state index in [0.29, 0.717) is 13.1 Å². The summed E-state index contributed by atoms with van der Waals surface area (Å²) >= 11 is 0. The van der Waals surface area contributed by atoms with Gasteiger partial charge in [0.2, 0.25) is 0 Å². The minimum absolute atomic E-state index is 0.0326. The summed E-state index contributed by atoms with van der Waals surface area (Å²) in [5.74, 6) is 0.832. The van der Waals surface area contributed by atoms with Crippen LogP contribution >= 0.6 is 0 Å². The maximum Gasteiger partial charge on any atom is 0.254 e. The molecule has 1 unspecified atom stereocenters. The van der Waals surface area contributed by atoms with E-state index in [1.165, 1.54) is 0 Å². The number of hydrogen-bond donors (Lipinski definition) is 0. The third-order valence-corrected chi connectivity index (χ3v) is 5.97. The van der Waals surface area contributed by atoms with Crippen molar-refractivity contribution in [3.05, 3.63) is 65.2 Å². The van der Waals surface area contributed by atoms with E-state index in [1.54, 1.807) is 7.11 Å². The molecule has 0 aliphatic carbocycles. The average Bonchev–Trinajstić information content (AvgIpc) is 3.32. The predicted octanol–water partition coefficient (Wildman–Crippen LogP) is 3.35. The Hall–Kier alpha value is -2.41. The van der Waals surface area contributed by atoms with Gasteiger partial charge in [0.1, 0.15) is 5.75 Å². The van der Waals surface area contributed by atoms with Gasteiger partial charge >= 0.3 is 0 Å². The van der Waals surface area contributed by atoms with Crippen LogP contribution in [0.4, 0.5) is 0 Å². The fraction of sp³-hybridized carbons (Fsp3) is 0.480. The number of carbonyl (C=O) groups excluding carboxylic acids is 1. The first-order valence-corrected chi connectivity index (χ1v) is 11.1. The Labute approximate surface area is 184 Å². The lowest BCUT2D eigenvalue weighted by Crippen LogP contribution is -2.37. The molecule has 1 amide bonds. The van der Waals surface area contributed by atoms with Crippen LogP contribution < -0.4 is 4.74 Å². The molecule has 2 aromatic rings. The van der Waals surface area contributed by atoms with Crippen molar-refractivity contribution in [3.8, 4) is 5.75 Å². The molecule has 4 rings (SSSR count). The molecule has 2 aromatic carbocycles. The molecule has 0 aromatic heterocycles. The summed E-state index contributed by atoms with van der Waals surface area (Å²) in [4.78, 5) is 17.8. The van der Waals surface area contributed by atoms with Crippen LogP contribution in [0.5, 0.6) is 5.75 Å². The lowest BCUT2D eigenvalue weighted by atomic mass is 10.1. The summed E-state index contributed by atoms with van der Waals surface area (Å²) in [5, 5.41) is 0. The van der Waals surface area contributed by atoms with Crippen LogP contribution in [0, 0.1) is 0 Å². The first-order valence-electron chi connectivity index (χ1n) is 11.1. The molecule has 0 N–H and O–H groups in total. The summed E-state index contributed by atoms with van der Waals surface area (Å²) < 4.78 is 16.8. The Kier molecular flexibility index (Phi) is 7.57. The van der Waals surface area contributed by atoms with Gasteiger partial charge in [0.25, 0.3) is 5.91 Å². The van der Waals surface area contributed by atoms with Crippen LogP contribution in [-0.4, -0.2) is 68.4 Å². The molecule has 6 heteroatoms. The standard InChI is InChI=1S/C25H32N2O4/c1-29-24-10-3-2-7-22(24)18-27(19-23-9-5-13-31-23)25(28)21-8-4-6-20(16-21)17-26-11-14-30-15-12-26/h2-4,6-8,10,16,23H,5,9,11-15,17-19H2,1H3. The van der Waals surface area contributed by atoms with Crippen molar-refractivity contribution in [2.75, 3.05) is 46.6 Å². The molecule has 2 aliphatic rings. The van der Waals surface area contributed by atoms with E-state index in [0.717, 1.165) is 74.7 Å². The fourth-order valence-corrected chi connectivity index (χ4v) is 4.30. The molecule has 1 atom stereocenters. The number of benzene rings is 2. The third-order valence-electron chi connectivity index (χ3n) is 5.97. The summed E-state index contributed by atoms with van der Waals surface area (Å²) in [5.41, 5.74) is 2.88. The molecule has 166 valence electrons. The van der Waals surface area contributed by atoms with E-state index in [4.69, 9.17) is 14.2 Å². The Balaban J connectivity index is 1.52. The van der Waals surface area contributed by atoms with Crippen molar-refractivity contribution in [3.63, 3.8) is 0 Å². The Morgan fingerprint density at radius 2 is 1.97 bits per heavy atom. The van der Waals surface area contributed by atoms with Gasteiger partial charge in [0.05, 0.1) is 26.4 Å². The first-order chi connectivity index (χ1) is 15.2. The Bertz CT molecular complexity index is 860. The van der Waals surface area contributed by atoms with Crippen LogP contribution in [0.3, 0.4) is 0 Å². The number of hydrogen-bond acceptors (Lipinski definition) is 5. The highest BCUT2D eigenvalue weighted by Gasteiger charge is 2.25. The van der Waals surface area contributed by atoms with Crippen LogP contribution in [0.15, 0.2) is 48.5 Å². The molecule has 2 heterocycles. The highest BCUT2D eigenvalue weighted by molar-refractivity contribution is 5.94. The monoisotopic (exact) mass is 424 g/mol. The van der Waals surface area contributed by atoms with Crippen molar-refractivity contribution in [1.29, 1.82) is 0 Å². The van der Waals surface area contributed by atoms with Crippen LogP contribution in [-0.2, 0) is 22.6 Å². The molecule has 2 aliphatic heterocycles. The van der Waals surface area contributed by atoms with Crippen molar-refractivity contribution < 1.29 is 19.0 Å². The van der Waals surface area contributed by atoms with Gasteiger partial charge in [-0.1, -0.05) is 30.3 Å². The second-order valence-corrected chi connectivity index (χ2v) is 8.22. The van der Waals surface area contributed by atoms with E-state index in [1.807, 2.05) is 47.4 Å².